The lowest BCUT2D eigenvalue weighted by molar-refractivity contribution is -0.0360. The molecular formula is C25H25F2N9S. The van der Waals surface area contributed by atoms with Crippen molar-refractivity contribution in [3.8, 4) is 28.0 Å². The minimum Gasteiger partial charge on any atom is -0.382 e. The number of rotatable bonds is 5. The van der Waals surface area contributed by atoms with Crippen LogP contribution in [0.25, 0.3) is 27.5 Å². The van der Waals surface area contributed by atoms with Crippen molar-refractivity contribution in [2.24, 2.45) is 0 Å². The van der Waals surface area contributed by atoms with Gasteiger partial charge in [-0.25, -0.2) is 13.3 Å². The maximum atomic E-state index is 13.8. The molecule has 0 amide bonds. The summed E-state index contributed by atoms with van der Waals surface area (Å²) in [5, 5.41) is 30.9. The number of hydrogen-bond donors (Lipinski definition) is 2. The van der Waals surface area contributed by atoms with Crippen LogP contribution in [0.2, 0.25) is 0 Å². The molecule has 2 aliphatic rings. The lowest BCUT2D eigenvalue weighted by Crippen LogP contribution is -2.43. The molecule has 0 radical (unpaired) electrons. The zero-order chi connectivity index (χ0) is 25.4. The number of aromatic nitrogens is 5. The molecule has 0 atom stereocenters. The molecule has 2 N–H and O–H groups in total. The van der Waals surface area contributed by atoms with Gasteiger partial charge in [0.15, 0.2) is 5.01 Å². The van der Waals surface area contributed by atoms with Crippen LogP contribution in [0.4, 0.5) is 19.6 Å². The van der Waals surface area contributed by atoms with Crippen molar-refractivity contribution >= 4 is 27.7 Å². The fourth-order valence-corrected chi connectivity index (χ4v) is 5.77. The van der Waals surface area contributed by atoms with Crippen molar-refractivity contribution in [3.63, 3.8) is 0 Å². The van der Waals surface area contributed by atoms with E-state index in [0.717, 1.165) is 58.8 Å². The van der Waals surface area contributed by atoms with E-state index in [1.807, 2.05) is 18.2 Å². The number of anilines is 2. The van der Waals surface area contributed by atoms with Crippen LogP contribution < -0.4 is 15.5 Å². The summed E-state index contributed by atoms with van der Waals surface area (Å²) in [6.45, 7) is 3.54. The lowest BCUT2D eigenvalue weighted by Gasteiger charge is -2.30. The van der Waals surface area contributed by atoms with E-state index < -0.39 is 5.92 Å². The molecule has 4 aromatic heterocycles. The molecule has 1 aliphatic heterocycles. The number of alkyl halides is 2. The summed E-state index contributed by atoms with van der Waals surface area (Å²) in [4.78, 5) is 6.93. The normalized spacial score (nSPS) is 18.1. The molecule has 1 saturated carbocycles. The van der Waals surface area contributed by atoms with Crippen molar-refractivity contribution in [1.82, 2.24) is 30.1 Å². The Hall–Kier alpha value is -3.69. The van der Waals surface area contributed by atoms with Crippen molar-refractivity contribution in [2.75, 3.05) is 36.4 Å². The summed E-state index contributed by atoms with van der Waals surface area (Å²) in [5.41, 5.74) is 4.29. The third-order valence-corrected chi connectivity index (χ3v) is 7.92. The molecule has 0 spiro atoms. The quantitative estimate of drug-likeness (QED) is 0.403. The van der Waals surface area contributed by atoms with Crippen LogP contribution in [0.3, 0.4) is 0 Å². The third-order valence-electron chi connectivity index (χ3n) is 6.90. The molecule has 190 valence electrons. The highest BCUT2D eigenvalue weighted by Gasteiger charge is 2.35. The van der Waals surface area contributed by atoms with E-state index in [2.05, 4.69) is 36.9 Å². The summed E-state index contributed by atoms with van der Waals surface area (Å²) in [7, 11) is 0. The highest BCUT2D eigenvalue weighted by Crippen LogP contribution is 2.39. The first-order valence-electron chi connectivity index (χ1n) is 12.3. The van der Waals surface area contributed by atoms with Gasteiger partial charge in [-0.1, -0.05) is 11.3 Å². The number of halogens is 2. The first-order valence-corrected chi connectivity index (χ1v) is 13.1. The summed E-state index contributed by atoms with van der Waals surface area (Å²) in [6.07, 6.45) is 3.81. The van der Waals surface area contributed by atoms with Gasteiger partial charge in [-0.15, -0.1) is 10.2 Å². The largest absolute Gasteiger partial charge is 0.382 e. The zero-order valence-corrected chi connectivity index (χ0v) is 20.8. The fourth-order valence-electron chi connectivity index (χ4n) is 4.85. The summed E-state index contributed by atoms with van der Waals surface area (Å²) < 4.78 is 29.3. The minimum atomic E-state index is -2.60. The SMILES string of the molecule is N#Cc1cnn2c(-c3cc(NC4CCC(F)(F)CC4)c(-c4nnc(N5CCNCC5)s4)cn3)ccc2c1. The van der Waals surface area contributed by atoms with Crippen LogP contribution in [0, 0.1) is 11.3 Å². The van der Waals surface area contributed by atoms with Crippen molar-refractivity contribution in [1.29, 1.82) is 5.26 Å². The molecule has 0 unspecified atom stereocenters. The van der Waals surface area contributed by atoms with Crippen LogP contribution in [-0.4, -0.2) is 62.9 Å². The number of nitrogens with zero attached hydrogens (tertiary/aromatic N) is 7. The van der Waals surface area contributed by atoms with Crippen LogP contribution >= 0.6 is 11.3 Å². The summed E-state index contributed by atoms with van der Waals surface area (Å²) in [5.74, 6) is -2.60. The van der Waals surface area contributed by atoms with Crippen molar-refractivity contribution in [3.05, 3.63) is 42.2 Å². The molecule has 37 heavy (non-hydrogen) atoms. The van der Waals surface area contributed by atoms with E-state index in [9.17, 15) is 14.0 Å². The Morgan fingerprint density at radius 3 is 2.70 bits per heavy atom. The van der Waals surface area contributed by atoms with E-state index in [0.29, 0.717) is 24.1 Å². The predicted octanol–water partition coefficient (Wildman–Crippen LogP) is 4.19. The van der Waals surface area contributed by atoms with Crippen molar-refractivity contribution in [2.45, 2.75) is 37.6 Å². The summed E-state index contributed by atoms with van der Waals surface area (Å²) >= 11 is 1.51. The lowest BCUT2D eigenvalue weighted by atomic mass is 9.92. The average Bonchev–Trinajstić information content (AvgIpc) is 3.58. The van der Waals surface area contributed by atoms with Gasteiger partial charge >= 0.3 is 0 Å². The van der Waals surface area contributed by atoms with Gasteiger partial charge in [0, 0.05) is 56.9 Å². The second-order valence-corrected chi connectivity index (χ2v) is 10.4. The molecular weight excluding hydrogens is 496 g/mol. The van der Waals surface area contributed by atoms with Crippen molar-refractivity contribution < 1.29 is 8.78 Å². The molecule has 0 aromatic carbocycles. The highest BCUT2D eigenvalue weighted by atomic mass is 32.1. The standard InChI is InChI=1S/C25H25F2N9S/c26-25(27)5-3-17(4-6-25)32-20-12-21(22-2-1-18-11-16(13-28)14-31-36(18)22)30-15-19(20)23-33-34-24(37-23)35-9-7-29-8-10-35/h1-2,11-12,14-15,17,29H,3-10H2,(H,30,32). The van der Waals surface area contributed by atoms with Crippen LogP contribution in [-0.2, 0) is 0 Å². The number of piperazine rings is 1. The molecule has 1 saturated heterocycles. The smallest absolute Gasteiger partial charge is 0.248 e. The fraction of sp³-hybridized carbons (Fsp3) is 0.400. The molecule has 6 rings (SSSR count). The first-order chi connectivity index (χ1) is 18.0. The van der Waals surface area contributed by atoms with E-state index in [1.165, 1.54) is 17.5 Å². The monoisotopic (exact) mass is 521 g/mol. The van der Waals surface area contributed by atoms with E-state index in [-0.39, 0.29) is 18.9 Å². The predicted molar refractivity (Wildman–Crippen MR) is 138 cm³/mol. The van der Waals surface area contributed by atoms with E-state index in [1.54, 1.807) is 16.8 Å². The summed E-state index contributed by atoms with van der Waals surface area (Å²) in [6, 6.07) is 9.52. The Bertz CT molecular complexity index is 1460. The number of nitrogens with one attached hydrogen (secondary N) is 2. The van der Waals surface area contributed by atoms with Gasteiger partial charge in [0.1, 0.15) is 6.07 Å². The number of nitriles is 1. The Labute approximate surface area is 216 Å². The number of hydrogen-bond acceptors (Lipinski definition) is 9. The topological polar surface area (TPSA) is 107 Å². The van der Waals surface area contributed by atoms with Gasteiger partial charge < -0.3 is 15.5 Å². The second-order valence-electron chi connectivity index (χ2n) is 9.43. The Balaban J connectivity index is 1.36. The molecule has 12 heteroatoms. The highest BCUT2D eigenvalue weighted by molar-refractivity contribution is 7.18. The van der Waals surface area contributed by atoms with Crippen LogP contribution in [0.15, 0.2) is 36.7 Å². The van der Waals surface area contributed by atoms with Gasteiger partial charge in [-0.3, -0.25) is 4.98 Å². The average molecular weight is 522 g/mol. The second kappa shape index (κ2) is 9.64. The molecule has 5 heterocycles. The molecule has 0 bridgehead atoms. The molecule has 9 nitrogen and oxygen atoms in total. The van der Waals surface area contributed by atoms with E-state index >= 15 is 0 Å². The van der Waals surface area contributed by atoms with Gasteiger partial charge in [-0.2, -0.15) is 10.4 Å². The van der Waals surface area contributed by atoms with Crippen LogP contribution in [0.1, 0.15) is 31.2 Å². The zero-order valence-electron chi connectivity index (χ0n) is 20.0. The molecule has 1 aliphatic carbocycles. The van der Waals surface area contributed by atoms with Gasteiger partial charge in [-0.05, 0) is 37.1 Å². The maximum absolute atomic E-state index is 13.8. The maximum Gasteiger partial charge on any atom is 0.248 e. The van der Waals surface area contributed by atoms with Gasteiger partial charge in [0.25, 0.3) is 0 Å². The van der Waals surface area contributed by atoms with Gasteiger partial charge in [0.2, 0.25) is 11.1 Å². The van der Waals surface area contributed by atoms with Crippen LogP contribution in [0.5, 0.6) is 0 Å². The number of fused-ring (bicyclic) bond motifs is 1. The minimum absolute atomic E-state index is 0.0745. The number of pyridine rings is 1. The third kappa shape index (κ3) is 4.84. The first kappa shape index (κ1) is 23.7. The molecule has 4 aromatic rings. The molecule has 2 fully saturated rings. The Morgan fingerprint density at radius 1 is 1.11 bits per heavy atom. The van der Waals surface area contributed by atoms with E-state index in [4.69, 9.17) is 4.98 Å². The van der Waals surface area contributed by atoms with Gasteiger partial charge in [0.05, 0.1) is 34.2 Å². The Kier molecular flexibility index (Phi) is 6.18. The Morgan fingerprint density at radius 2 is 1.92 bits per heavy atom.